The first-order chi connectivity index (χ1) is 10.1. The molecular weight excluding hydrogens is 262 g/mol. The fraction of sp³-hybridized carbons (Fsp3) is 0.471. The Morgan fingerprint density at radius 2 is 2.05 bits per heavy atom. The fourth-order valence-electron chi connectivity index (χ4n) is 3.15. The van der Waals surface area contributed by atoms with Crippen LogP contribution in [0.3, 0.4) is 0 Å². The first-order valence-corrected chi connectivity index (χ1v) is 7.64. The highest BCUT2D eigenvalue weighted by Crippen LogP contribution is 2.20. The number of hydrogen-bond acceptors (Lipinski definition) is 2. The monoisotopic (exact) mass is 285 g/mol. The summed E-state index contributed by atoms with van der Waals surface area (Å²) in [6, 6.07) is 8.53. The fourth-order valence-corrected chi connectivity index (χ4v) is 3.15. The second-order valence-electron chi connectivity index (χ2n) is 6.08. The zero-order valence-electron chi connectivity index (χ0n) is 12.8. The summed E-state index contributed by atoms with van der Waals surface area (Å²) in [5, 5.41) is 1.16. The van der Waals surface area contributed by atoms with Crippen LogP contribution < -0.4 is 0 Å². The number of H-pyrrole nitrogens is 1. The summed E-state index contributed by atoms with van der Waals surface area (Å²) < 4.78 is 0. The van der Waals surface area contributed by atoms with E-state index in [1.165, 1.54) is 0 Å². The van der Waals surface area contributed by atoms with E-state index in [0.29, 0.717) is 12.5 Å². The number of benzene rings is 1. The van der Waals surface area contributed by atoms with Gasteiger partial charge in [-0.25, -0.2) is 0 Å². The number of piperidine rings is 1. The molecule has 21 heavy (non-hydrogen) atoms. The lowest BCUT2D eigenvalue weighted by atomic mass is 10.0. The van der Waals surface area contributed by atoms with Crippen LogP contribution in [0, 0.1) is 0 Å². The number of aromatic amines is 1. The van der Waals surface area contributed by atoms with Crippen molar-refractivity contribution in [3.63, 3.8) is 0 Å². The molecule has 0 atom stereocenters. The van der Waals surface area contributed by atoms with Crippen LogP contribution >= 0.6 is 0 Å². The Balaban J connectivity index is 1.68. The maximum Gasteiger partial charge on any atom is 0.227 e. The molecule has 1 amide bonds. The van der Waals surface area contributed by atoms with Gasteiger partial charge in [-0.3, -0.25) is 4.79 Å². The van der Waals surface area contributed by atoms with Crippen LogP contribution in [0.1, 0.15) is 18.4 Å². The predicted octanol–water partition coefficient (Wildman–Crippen LogP) is 2.26. The van der Waals surface area contributed by atoms with Crippen LogP contribution in [0.5, 0.6) is 0 Å². The molecule has 1 fully saturated rings. The molecule has 3 rings (SSSR count). The average Bonchev–Trinajstić information content (AvgIpc) is 2.91. The number of likely N-dealkylation sites (tertiary alicyclic amines) is 1. The number of rotatable bonds is 3. The summed E-state index contributed by atoms with van der Waals surface area (Å²) in [6.45, 7) is 2.16. The van der Waals surface area contributed by atoms with Crippen molar-refractivity contribution in [2.24, 2.45) is 0 Å². The maximum atomic E-state index is 12.5. The molecule has 0 saturated carbocycles. The third kappa shape index (κ3) is 2.95. The topological polar surface area (TPSA) is 39.3 Å². The van der Waals surface area contributed by atoms with Crippen LogP contribution in [-0.4, -0.2) is 53.9 Å². The van der Waals surface area contributed by atoms with Gasteiger partial charge in [0.25, 0.3) is 0 Å². The van der Waals surface area contributed by atoms with E-state index in [-0.39, 0.29) is 5.91 Å². The lowest BCUT2D eigenvalue weighted by Crippen LogP contribution is -2.44. The number of likely N-dealkylation sites (N-methyl/N-ethyl adjacent to an activating group) is 1. The Morgan fingerprint density at radius 1 is 1.33 bits per heavy atom. The molecule has 0 bridgehead atoms. The van der Waals surface area contributed by atoms with Gasteiger partial charge in [0.05, 0.1) is 6.42 Å². The van der Waals surface area contributed by atoms with Crippen molar-refractivity contribution in [3.05, 3.63) is 36.0 Å². The highest BCUT2D eigenvalue weighted by atomic mass is 16.2. The normalized spacial score (nSPS) is 17.2. The minimum Gasteiger partial charge on any atom is -0.361 e. The molecule has 1 aromatic carbocycles. The number of para-hydroxylation sites is 1. The number of aromatic nitrogens is 1. The van der Waals surface area contributed by atoms with E-state index in [1.807, 2.05) is 36.3 Å². The SMILES string of the molecule is CN1CCC(N(C)C(=O)Cc2c[nH]c3ccccc23)CC1. The van der Waals surface area contributed by atoms with Crippen molar-refractivity contribution < 1.29 is 4.79 Å². The van der Waals surface area contributed by atoms with E-state index in [4.69, 9.17) is 0 Å². The number of carbonyl (C=O) groups excluding carboxylic acids is 1. The van der Waals surface area contributed by atoms with Gasteiger partial charge in [-0.15, -0.1) is 0 Å². The number of fused-ring (bicyclic) bond motifs is 1. The molecule has 4 heteroatoms. The van der Waals surface area contributed by atoms with E-state index in [1.54, 1.807) is 0 Å². The van der Waals surface area contributed by atoms with Gasteiger partial charge in [0, 0.05) is 30.2 Å². The van der Waals surface area contributed by atoms with E-state index in [9.17, 15) is 4.79 Å². The van der Waals surface area contributed by atoms with E-state index < -0.39 is 0 Å². The zero-order valence-corrected chi connectivity index (χ0v) is 12.8. The summed E-state index contributed by atoms with van der Waals surface area (Å²) in [5.41, 5.74) is 2.19. The second-order valence-corrected chi connectivity index (χ2v) is 6.08. The quantitative estimate of drug-likeness (QED) is 0.939. The Labute approximate surface area is 125 Å². The summed E-state index contributed by atoms with van der Waals surface area (Å²) in [4.78, 5) is 20.1. The maximum absolute atomic E-state index is 12.5. The molecule has 1 saturated heterocycles. The predicted molar refractivity (Wildman–Crippen MR) is 85.3 cm³/mol. The molecule has 1 aliphatic rings. The molecule has 1 N–H and O–H groups in total. The first-order valence-electron chi connectivity index (χ1n) is 7.64. The molecule has 0 radical (unpaired) electrons. The number of carbonyl (C=O) groups is 1. The van der Waals surface area contributed by atoms with Gasteiger partial charge in [-0.2, -0.15) is 0 Å². The van der Waals surface area contributed by atoms with Gasteiger partial charge in [-0.1, -0.05) is 18.2 Å². The molecule has 1 aromatic heterocycles. The van der Waals surface area contributed by atoms with E-state index in [0.717, 1.165) is 42.4 Å². The zero-order chi connectivity index (χ0) is 14.8. The molecule has 0 spiro atoms. The van der Waals surface area contributed by atoms with Crippen LogP contribution in [-0.2, 0) is 11.2 Å². The number of nitrogens with zero attached hydrogens (tertiary/aromatic N) is 2. The van der Waals surface area contributed by atoms with Gasteiger partial charge in [0.2, 0.25) is 5.91 Å². The largest absolute Gasteiger partial charge is 0.361 e. The van der Waals surface area contributed by atoms with Crippen molar-refractivity contribution >= 4 is 16.8 Å². The molecule has 2 heterocycles. The highest BCUT2D eigenvalue weighted by molar-refractivity contribution is 5.88. The molecule has 2 aromatic rings. The molecule has 112 valence electrons. The number of amides is 1. The van der Waals surface area contributed by atoms with E-state index >= 15 is 0 Å². The number of nitrogens with one attached hydrogen (secondary N) is 1. The minimum atomic E-state index is 0.217. The lowest BCUT2D eigenvalue weighted by Gasteiger charge is -2.35. The Morgan fingerprint density at radius 3 is 2.81 bits per heavy atom. The Kier molecular flexibility index (Phi) is 3.97. The van der Waals surface area contributed by atoms with Crippen molar-refractivity contribution in [2.75, 3.05) is 27.2 Å². The summed E-state index contributed by atoms with van der Waals surface area (Å²) in [7, 11) is 4.09. The van der Waals surface area contributed by atoms with Crippen molar-refractivity contribution in [2.45, 2.75) is 25.3 Å². The van der Waals surface area contributed by atoms with Crippen LogP contribution in [0.15, 0.2) is 30.5 Å². The molecule has 0 unspecified atom stereocenters. The minimum absolute atomic E-state index is 0.217. The Hall–Kier alpha value is -1.81. The van der Waals surface area contributed by atoms with Gasteiger partial charge in [0.1, 0.15) is 0 Å². The summed E-state index contributed by atoms with van der Waals surface area (Å²) >= 11 is 0. The van der Waals surface area contributed by atoms with Crippen molar-refractivity contribution in [3.8, 4) is 0 Å². The van der Waals surface area contributed by atoms with Gasteiger partial charge in [0.15, 0.2) is 0 Å². The van der Waals surface area contributed by atoms with Gasteiger partial charge < -0.3 is 14.8 Å². The highest BCUT2D eigenvalue weighted by Gasteiger charge is 2.24. The smallest absolute Gasteiger partial charge is 0.227 e. The van der Waals surface area contributed by atoms with Crippen LogP contribution in [0.4, 0.5) is 0 Å². The van der Waals surface area contributed by atoms with Crippen LogP contribution in [0.2, 0.25) is 0 Å². The molecule has 4 nitrogen and oxygen atoms in total. The third-order valence-corrected chi connectivity index (χ3v) is 4.65. The van der Waals surface area contributed by atoms with Crippen LogP contribution in [0.25, 0.3) is 10.9 Å². The van der Waals surface area contributed by atoms with E-state index in [2.05, 4.69) is 23.0 Å². The second kappa shape index (κ2) is 5.90. The average molecular weight is 285 g/mol. The van der Waals surface area contributed by atoms with Crippen molar-refractivity contribution in [1.82, 2.24) is 14.8 Å². The lowest BCUT2D eigenvalue weighted by molar-refractivity contribution is -0.132. The number of hydrogen-bond donors (Lipinski definition) is 1. The van der Waals surface area contributed by atoms with Gasteiger partial charge in [-0.05, 0) is 44.6 Å². The molecule has 1 aliphatic heterocycles. The molecule has 0 aliphatic carbocycles. The summed E-state index contributed by atoms with van der Waals surface area (Å²) in [6.07, 6.45) is 4.59. The van der Waals surface area contributed by atoms with Gasteiger partial charge >= 0.3 is 0 Å². The third-order valence-electron chi connectivity index (χ3n) is 4.65. The Bertz CT molecular complexity index is 626. The standard InChI is InChI=1S/C17H23N3O/c1-19-9-7-14(8-10-19)20(2)17(21)11-13-12-18-16-6-4-3-5-15(13)16/h3-6,12,14,18H,7-11H2,1-2H3. The van der Waals surface area contributed by atoms with Crippen molar-refractivity contribution in [1.29, 1.82) is 0 Å². The first kappa shape index (κ1) is 14.1. The summed E-state index contributed by atoms with van der Waals surface area (Å²) in [5.74, 6) is 0.217. The molecular formula is C17H23N3O.